The van der Waals surface area contributed by atoms with Crippen LogP contribution in [0.3, 0.4) is 0 Å². The van der Waals surface area contributed by atoms with E-state index in [1.165, 1.54) is 0 Å². The van der Waals surface area contributed by atoms with Gasteiger partial charge < -0.3 is 0 Å². The normalized spacial score (nSPS) is 29.2. The zero-order valence-corrected chi connectivity index (χ0v) is 12.6. The highest BCUT2D eigenvalue weighted by molar-refractivity contribution is 7.91. The van der Waals surface area contributed by atoms with Crippen LogP contribution in [0, 0.1) is 5.92 Å². The van der Waals surface area contributed by atoms with E-state index in [9.17, 15) is 13.2 Å². The van der Waals surface area contributed by atoms with Crippen molar-refractivity contribution in [3.8, 4) is 0 Å². The van der Waals surface area contributed by atoms with Crippen molar-refractivity contribution in [1.29, 1.82) is 0 Å². The highest BCUT2D eigenvalue weighted by Gasteiger charge is 2.37. The van der Waals surface area contributed by atoms with Crippen LogP contribution in [0.2, 0.25) is 0 Å². The molecule has 4 nitrogen and oxygen atoms in total. The standard InChI is InChI=1S/C14H25NO3S/c1-2-19(17,18)11-5-10-15-9-4-7-13(15)12-6-3-8-14(12)16/h12-13H,2-11H2,1H3. The highest BCUT2D eigenvalue weighted by Crippen LogP contribution is 2.33. The molecule has 110 valence electrons. The second-order valence-corrected chi connectivity index (χ2v) is 8.27. The van der Waals surface area contributed by atoms with Crippen LogP contribution in [0.1, 0.15) is 45.4 Å². The first-order valence-electron chi connectivity index (χ1n) is 7.50. The largest absolute Gasteiger partial charge is 0.300 e. The van der Waals surface area contributed by atoms with E-state index in [2.05, 4.69) is 4.90 Å². The van der Waals surface area contributed by atoms with Crippen LogP contribution < -0.4 is 0 Å². The van der Waals surface area contributed by atoms with Gasteiger partial charge in [-0.1, -0.05) is 6.92 Å². The molecule has 1 saturated heterocycles. The summed E-state index contributed by atoms with van der Waals surface area (Å²) >= 11 is 0. The Bertz CT molecular complexity index is 418. The Balaban J connectivity index is 1.84. The Morgan fingerprint density at radius 3 is 2.68 bits per heavy atom. The maximum absolute atomic E-state index is 11.9. The van der Waals surface area contributed by atoms with Crippen molar-refractivity contribution in [1.82, 2.24) is 4.90 Å². The SMILES string of the molecule is CCS(=O)(=O)CCCN1CCCC1C1CCCC1=O. The third kappa shape index (κ3) is 3.78. The summed E-state index contributed by atoms with van der Waals surface area (Å²) in [4.78, 5) is 14.2. The van der Waals surface area contributed by atoms with E-state index in [4.69, 9.17) is 0 Å². The second-order valence-electron chi connectivity index (χ2n) is 5.80. The minimum absolute atomic E-state index is 0.227. The quantitative estimate of drug-likeness (QED) is 0.745. The molecule has 0 radical (unpaired) electrons. The molecule has 5 heteroatoms. The van der Waals surface area contributed by atoms with Gasteiger partial charge in [-0.25, -0.2) is 8.42 Å². The van der Waals surface area contributed by atoms with E-state index in [1.807, 2.05) is 0 Å². The third-order valence-electron chi connectivity index (χ3n) is 4.57. The first-order valence-corrected chi connectivity index (χ1v) is 9.33. The summed E-state index contributed by atoms with van der Waals surface area (Å²) in [6.45, 7) is 3.56. The fraction of sp³-hybridized carbons (Fsp3) is 0.929. The van der Waals surface area contributed by atoms with E-state index < -0.39 is 9.84 Å². The Hall–Kier alpha value is -0.420. The topological polar surface area (TPSA) is 54.5 Å². The van der Waals surface area contributed by atoms with Gasteiger partial charge in [-0.2, -0.15) is 0 Å². The summed E-state index contributed by atoms with van der Waals surface area (Å²) in [5.74, 6) is 1.17. The first kappa shape index (κ1) is 15.0. The number of hydrogen-bond acceptors (Lipinski definition) is 4. The Morgan fingerprint density at radius 2 is 2.05 bits per heavy atom. The molecular weight excluding hydrogens is 262 g/mol. The molecule has 19 heavy (non-hydrogen) atoms. The molecule has 1 heterocycles. The molecule has 0 aromatic heterocycles. The highest BCUT2D eigenvalue weighted by atomic mass is 32.2. The lowest BCUT2D eigenvalue weighted by atomic mass is 9.95. The van der Waals surface area contributed by atoms with E-state index in [0.717, 1.165) is 45.2 Å². The number of likely N-dealkylation sites (tertiary alicyclic amines) is 1. The number of nitrogens with zero attached hydrogens (tertiary/aromatic N) is 1. The van der Waals surface area contributed by atoms with Crippen molar-refractivity contribution in [2.24, 2.45) is 5.92 Å². The van der Waals surface area contributed by atoms with Gasteiger partial charge in [0.05, 0.1) is 5.75 Å². The summed E-state index contributed by atoms with van der Waals surface area (Å²) in [6.07, 6.45) is 5.78. The van der Waals surface area contributed by atoms with Gasteiger partial charge >= 0.3 is 0 Å². The molecule has 0 aromatic rings. The third-order valence-corrected chi connectivity index (χ3v) is 6.36. The van der Waals surface area contributed by atoms with Gasteiger partial charge in [-0.3, -0.25) is 9.69 Å². The average Bonchev–Trinajstić information content (AvgIpc) is 2.97. The molecule has 0 amide bonds. The number of sulfone groups is 1. The molecule has 2 rings (SSSR count). The summed E-state index contributed by atoms with van der Waals surface area (Å²) in [6, 6.07) is 0.388. The van der Waals surface area contributed by atoms with Crippen LogP contribution in [0.25, 0.3) is 0 Å². The molecule has 1 saturated carbocycles. The predicted octanol–water partition coefficient (Wildman–Crippen LogP) is 1.64. The number of hydrogen-bond donors (Lipinski definition) is 0. The monoisotopic (exact) mass is 287 g/mol. The zero-order valence-electron chi connectivity index (χ0n) is 11.8. The van der Waals surface area contributed by atoms with Gasteiger partial charge in [0.15, 0.2) is 0 Å². The van der Waals surface area contributed by atoms with Crippen LogP contribution in [0.5, 0.6) is 0 Å². The molecule has 2 fully saturated rings. The fourth-order valence-corrected chi connectivity index (χ4v) is 4.32. The van der Waals surface area contributed by atoms with Crippen LogP contribution in [-0.2, 0) is 14.6 Å². The minimum Gasteiger partial charge on any atom is -0.300 e. The van der Waals surface area contributed by atoms with Crippen molar-refractivity contribution in [3.05, 3.63) is 0 Å². The van der Waals surface area contributed by atoms with Crippen LogP contribution >= 0.6 is 0 Å². The van der Waals surface area contributed by atoms with Crippen molar-refractivity contribution in [2.75, 3.05) is 24.6 Å². The van der Waals surface area contributed by atoms with Crippen molar-refractivity contribution >= 4 is 15.6 Å². The van der Waals surface area contributed by atoms with E-state index >= 15 is 0 Å². The van der Waals surface area contributed by atoms with Crippen molar-refractivity contribution in [3.63, 3.8) is 0 Å². The molecule has 1 aliphatic heterocycles. The average molecular weight is 287 g/mol. The van der Waals surface area contributed by atoms with Gasteiger partial charge in [-0.05, 0) is 45.2 Å². The molecular formula is C14H25NO3S. The molecule has 0 bridgehead atoms. The molecule has 0 aromatic carbocycles. The molecule has 2 aliphatic rings. The minimum atomic E-state index is -2.85. The number of carbonyl (C=O) groups is 1. The number of ketones is 1. The zero-order chi connectivity index (χ0) is 13.9. The molecule has 0 N–H and O–H groups in total. The van der Waals surface area contributed by atoms with Crippen molar-refractivity contribution < 1.29 is 13.2 Å². The van der Waals surface area contributed by atoms with Gasteiger partial charge in [0, 0.05) is 24.1 Å². The lowest BCUT2D eigenvalue weighted by Crippen LogP contribution is -2.38. The first-order chi connectivity index (χ1) is 9.03. The fourth-order valence-electron chi connectivity index (χ4n) is 3.47. The molecule has 1 aliphatic carbocycles. The van der Waals surface area contributed by atoms with Gasteiger partial charge in [-0.15, -0.1) is 0 Å². The lowest BCUT2D eigenvalue weighted by molar-refractivity contribution is -0.122. The second kappa shape index (κ2) is 6.35. The predicted molar refractivity (Wildman–Crippen MR) is 75.9 cm³/mol. The smallest absolute Gasteiger partial charge is 0.150 e. The van der Waals surface area contributed by atoms with E-state index in [-0.39, 0.29) is 17.4 Å². The summed E-state index contributed by atoms with van der Waals surface area (Å²) in [5, 5.41) is 0. The summed E-state index contributed by atoms with van der Waals surface area (Å²) in [5.41, 5.74) is 0. The summed E-state index contributed by atoms with van der Waals surface area (Å²) < 4.78 is 23.0. The van der Waals surface area contributed by atoms with Crippen LogP contribution in [-0.4, -0.2) is 49.7 Å². The number of Topliss-reactive ketones (excluding diaryl/α,β-unsaturated/α-hetero) is 1. The maximum Gasteiger partial charge on any atom is 0.150 e. The Kier molecular flexibility index (Phi) is 5.01. The van der Waals surface area contributed by atoms with E-state index in [0.29, 0.717) is 18.2 Å². The number of carbonyl (C=O) groups excluding carboxylic acids is 1. The van der Waals surface area contributed by atoms with Gasteiger partial charge in [0.25, 0.3) is 0 Å². The van der Waals surface area contributed by atoms with Crippen LogP contribution in [0.4, 0.5) is 0 Å². The van der Waals surface area contributed by atoms with Gasteiger partial charge in [0.2, 0.25) is 0 Å². The molecule has 2 atom stereocenters. The maximum atomic E-state index is 11.9. The van der Waals surface area contributed by atoms with Crippen LogP contribution in [0.15, 0.2) is 0 Å². The van der Waals surface area contributed by atoms with Crippen molar-refractivity contribution in [2.45, 2.75) is 51.5 Å². The van der Waals surface area contributed by atoms with E-state index in [1.54, 1.807) is 6.92 Å². The Morgan fingerprint density at radius 1 is 1.26 bits per heavy atom. The number of rotatable bonds is 6. The molecule has 2 unspecified atom stereocenters. The van der Waals surface area contributed by atoms with Gasteiger partial charge in [0.1, 0.15) is 15.6 Å². The Labute approximate surface area is 116 Å². The summed E-state index contributed by atoms with van der Waals surface area (Å²) in [7, 11) is -2.85. The molecule has 0 spiro atoms. The lowest BCUT2D eigenvalue weighted by Gasteiger charge is -2.28.